The quantitative estimate of drug-likeness (QED) is 0.772. The summed E-state index contributed by atoms with van der Waals surface area (Å²) in [6, 6.07) is 4.34. The molecule has 3 atom stereocenters. The van der Waals surface area contributed by atoms with Crippen molar-refractivity contribution in [3.8, 4) is 0 Å². The van der Waals surface area contributed by atoms with Gasteiger partial charge in [0.25, 0.3) is 5.91 Å². The van der Waals surface area contributed by atoms with Gasteiger partial charge >= 0.3 is 6.03 Å². The monoisotopic (exact) mass is 411 g/mol. The molecule has 27 heavy (non-hydrogen) atoms. The van der Waals surface area contributed by atoms with E-state index in [0.717, 1.165) is 24.2 Å². The van der Waals surface area contributed by atoms with Crippen LogP contribution in [0, 0.1) is 0 Å². The van der Waals surface area contributed by atoms with Crippen LogP contribution in [0.2, 0.25) is 10.0 Å². The van der Waals surface area contributed by atoms with E-state index in [2.05, 4.69) is 5.32 Å². The van der Waals surface area contributed by atoms with E-state index < -0.39 is 17.5 Å². The fourth-order valence-electron chi connectivity index (χ4n) is 4.05. The number of halogens is 2. The molecule has 2 aliphatic rings. The SMILES string of the molecule is C[C@@H]1CCC[C@@H](C)N1C(=O)CN1C(=O)N[C@](C)(c2ccc(Cl)cc2Cl)C1=O. The number of hydrogen-bond donors (Lipinski definition) is 1. The van der Waals surface area contributed by atoms with Crippen molar-refractivity contribution in [2.45, 2.75) is 57.7 Å². The van der Waals surface area contributed by atoms with Crippen molar-refractivity contribution in [2.75, 3.05) is 6.54 Å². The highest BCUT2D eigenvalue weighted by Gasteiger charge is 2.51. The lowest BCUT2D eigenvalue weighted by Gasteiger charge is -2.39. The van der Waals surface area contributed by atoms with Gasteiger partial charge in [0.1, 0.15) is 12.1 Å². The summed E-state index contributed by atoms with van der Waals surface area (Å²) in [4.78, 5) is 41.1. The molecule has 1 N–H and O–H groups in total. The van der Waals surface area contributed by atoms with E-state index in [9.17, 15) is 14.4 Å². The van der Waals surface area contributed by atoms with Crippen LogP contribution in [0.1, 0.15) is 45.6 Å². The molecule has 3 rings (SSSR count). The molecule has 0 aromatic heterocycles. The molecule has 0 radical (unpaired) electrons. The van der Waals surface area contributed by atoms with Crippen molar-refractivity contribution in [1.29, 1.82) is 0 Å². The Balaban J connectivity index is 1.83. The number of benzene rings is 1. The molecule has 0 unspecified atom stereocenters. The molecule has 6 nitrogen and oxygen atoms in total. The van der Waals surface area contributed by atoms with Crippen molar-refractivity contribution in [3.63, 3.8) is 0 Å². The third-order valence-electron chi connectivity index (χ3n) is 5.52. The van der Waals surface area contributed by atoms with Crippen molar-refractivity contribution >= 4 is 41.0 Å². The molecule has 0 saturated carbocycles. The van der Waals surface area contributed by atoms with Crippen LogP contribution >= 0.6 is 23.2 Å². The third-order valence-corrected chi connectivity index (χ3v) is 6.07. The molecule has 146 valence electrons. The molecule has 2 fully saturated rings. The lowest BCUT2D eigenvalue weighted by atomic mass is 9.92. The zero-order chi connectivity index (χ0) is 19.9. The molecule has 2 aliphatic heterocycles. The number of carbonyl (C=O) groups is 3. The van der Waals surface area contributed by atoms with E-state index in [1.165, 1.54) is 6.07 Å². The first kappa shape index (κ1) is 20.0. The summed E-state index contributed by atoms with van der Waals surface area (Å²) in [6.45, 7) is 5.30. The summed E-state index contributed by atoms with van der Waals surface area (Å²) in [5.74, 6) is -0.716. The lowest BCUT2D eigenvalue weighted by Crippen LogP contribution is -2.52. The van der Waals surface area contributed by atoms with Gasteiger partial charge in [0.05, 0.1) is 0 Å². The largest absolute Gasteiger partial charge is 0.336 e. The Bertz CT molecular complexity index is 790. The average Bonchev–Trinajstić information content (AvgIpc) is 2.78. The summed E-state index contributed by atoms with van der Waals surface area (Å²) >= 11 is 12.2. The first-order valence-electron chi connectivity index (χ1n) is 9.06. The number of amides is 4. The van der Waals surface area contributed by atoms with Crippen molar-refractivity contribution < 1.29 is 14.4 Å². The Hall–Kier alpha value is -1.79. The standard InChI is InChI=1S/C19H23Cl2N3O3/c1-11-5-4-6-12(2)24(11)16(25)10-23-17(26)19(3,22-18(23)27)14-8-7-13(20)9-15(14)21/h7-9,11-12H,4-6,10H2,1-3H3,(H,22,27)/t11-,12-,19-/m1/s1. The number of likely N-dealkylation sites (tertiary alicyclic amines) is 1. The minimum Gasteiger partial charge on any atom is -0.336 e. The minimum atomic E-state index is -1.34. The average molecular weight is 412 g/mol. The number of urea groups is 1. The molecule has 0 spiro atoms. The van der Waals surface area contributed by atoms with E-state index in [0.29, 0.717) is 10.6 Å². The normalized spacial score (nSPS) is 28.5. The van der Waals surface area contributed by atoms with Gasteiger partial charge in [0.15, 0.2) is 0 Å². The molecule has 1 aromatic rings. The molecule has 1 aromatic carbocycles. The van der Waals surface area contributed by atoms with E-state index in [4.69, 9.17) is 23.2 Å². The minimum absolute atomic E-state index is 0.0964. The smallest absolute Gasteiger partial charge is 0.325 e. The number of nitrogens with one attached hydrogen (secondary N) is 1. The molecule has 4 amide bonds. The number of carbonyl (C=O) groups excluding carboxylic acids is 3. The van der Waals surface area contributed by atoms with E-state index >= 15 is 0 Å². The highest BCUT2D eigenvalue weighted by Crippen LogP contribution is 2.35. The fourth-order valence-corrected chi connectivity index (χ4v) is 4.65. The fraction of sp³-hybridized carbons (Fsp3) is 0.526. The maximum Gasteiger partial charge on any atom is 0.325 e. The molecule has 2 heterocycles. The van der Waals surface area contributed by atoms with Crippen LogP contribution in [0.15, 0.2) is 18.2 Å². The summed E-state index contributed by atoms with van der Waals surface area (Å²) < 4.78 is 0. The van der Waals surface area contributed by atoms with Crippen LogP contribution in [0.25, 0.3) is 0 Å². The van der Waals surface area contributed by atoms with E-state index in [1.54, 1.807) is 24.0 Å². The van der Waals surface area contributed by atoms with E-state index in [-0.39, 0.29) is 29.6 Å². The van der Waals surface area contributed by atoms with Crippen LogP contribution in [-0.4, -0.2) is 46.3 Å². The Morgan fingerprint density at radius 3 is 2.44 bits per heavy atom. The van der Waals surface area contributed by atoms with Gasteiger partial charge in [0.2, 0.25) is 5.91 Å². The van der Waals surface area contributed by atoms with Crippen LogP contribution in [0.3, 0.4) is 0 Å². The third kappa shape index (κ3) is 3.52. The van der Waals surface area contributed by atoms with Gasteiger partial charge in [-0.25, -0.2) is 4.79 Å². The molecule has 8 heteroatoms. The zero-order valence-corrected chi connectivity index (χ0v) is 17.1. The first-order chi connectivity index (χ1) is 12.6. The second-order valence-electron chi connectivity index (χ2n) is 7.50. The predicted molar refractivity (Wildman–Crippen MR) is 104 cm³/mol. The van der Waals surface area contributed by atoms with Gasteiger partial charge in [-0.05, 0) is 52.2 Å². The van der Waals surface area contributed by atoms with Gasteiger partial charge in [-0.3, -0.25) is 14.5 Å². The highest BCUT2D eigenvalue weighted by molar-refractivity contribution is 6.35. The lowest BCUT2D eigenvalue weighted by molar-refractivity contribution is -0.142. The van der Waals surface area contributed by atoms with Crippen LogP contribution < -0.4 is 5.32 Å². The van der Waals surface area contributed by atoms with E-state index in [1.807, 2.05) is 13.8 Å². The Morgan fingerprint density at radius 1 is 1.22 bits per heavy atom. The maximum absolute atomic E-state index is 13.0. The second kappa shape index (κ2) is 7.32. The second-order valence-corrected chi connectivity index (χ2v) is 8.34. The van der Waals surface area contributed by atoms with Gasteiger partial charge in [-0.15, -0.1) is 0 Å². The molecular formula is C19H23Cl2N3O3. The molecule has 2 saturated heterocycles. The van der Waals surface area contributed by atoms with Crippen molar-refractivity contribution in [2.24, 2.45) is 0 Å². The number of imide groups is 1. The summed E-state index contributed by atoms with van der Waals surface area (Å²) in [6.07, 6.45) is 2.92. The molecule has 0 bridgehead atoms. The van der Waals surface area contributed by atoms with Crippen LogP contribution in [-0.2, 0) is 15.1 Å². The Labute approximate surface area is 168 Å². The van der Waals surface area contributed by atoms with Crippen LogP contribution in [0.4, 0.5) is 4.79 Å². The topological polar surface area (TPSA) is 69.7 Å². The van der Waals surface area contributed by atoms with Gasteiger partial charge < -0.3 is 10.2 Å². The summed E-state index contributed by atoms with van der Waals surface area (Å²) in [5.41, 5.74) is -0.889. The highest BCUT2D eigenvalue weighted by atomic mass is 35.5. The Morgan fingerprint density at radius 2 is 1.85 bits per heavy atom. The maximum atomic E-state index is 13.0. The van der Waals surface area contributed by atoms with Gasteiger partial charge in [-0.1, -0.05) is 29.3 Å². The molecule has 0 aliphatic carbocycles. The van der Waals surface area contributed by atoms with Gasteiger partial charge in [-0.2, -0.15) is 0 Å². The first-order valence-corrected chi connectivity index (χ1v) is 9.81. The summed E-state index contributed by atoms with van der Waals surface area (Å²) in [5, 5.41) is 3.39. The number of piperidine rings is 1. The molecular weight excluding hydrogens is 389 g/mol. The summed E-state index contributed by atoms with van der Waals surface area (Å²) in [7, 11) is 0. The van der Waals surface area contributed by atoms with Crippen molar-refractivity contribution in [3.05, 3.63) is 33.8 Å². The number of rotatable bonds is 3. The van der Waals surface area contributed by atoms with Gasteiger partial charge in [0, 0.05) is 27.7 Å². The predicted octanol–water partition coefficient (Wildman–Crippen LogP) is 3.55. The number of nitrogens with zero attached hydrogens (tertiary/aromatic N) is 2. The van der Waals surface area contributed by atoms with Crippen LogP contribution in [0.5, 0.6) is 0 Å². The number of hydrogen-bond acceptors (Lipinski definition) is 3. The van der Waals surface area contributed by atoms with Crippen molar-refractivity contribution in [1.82, 2.24) is 15.1 Å². The Kier molecular flexibility index (Phi) is 5.41. The zero-order valence-electron chi connectivity index (χ0n) is 15.6.